The van der Waals surface area contributed by atoms with Gasteiger partial charge in [0.25, 0.3) is 10.0 Å². The van der Waals surface area contributed by atoms with Gasteiger partial charge in [0.05, 0.1) is 10.7 Å². The molecule has 2 aromatic rings. The first kappa shape index (κ1) is 14.6. The van der Waals surface area contributed by atoms with E-state index < -0.39 is 15.8 Å². The first-order chi connectivity index (χ1) is 9.31. The van der Waals surface area contributed by atoms with Crippen LogP contribution < -0.4 is 4.72 Å². The Hall–Kier alpha value is -1.79. The molecule has 0 amide bonds. The molecule has 0 saturated heterocycles. The Kier molecular flexibility index (Phi) is 3.87. The van der Waals surface area contributed by atoms with E-state index in [-0.39, 0.29) is 21.4 Å². The van der Waals surface area contributed by atoms with Crippen molar-refractivity contribution < 1.29 is 17.9 Å². The van der Waals surface area contributed by atoms with Crippen molar-refractivity contribution >= 4 is 27.3 Å². The summed E-state index contributed by atoms with van der Waals surface area (Å²) in [6.45, 7) is 1.56. The monoisotopic (exact) mass is 315 g/mol. The van der Waals surface area contributed by atoms with Gasteiger partial charge in [-0.15, -0.1) is 0 Å². The third-order valence-electron chi connectivity index (χ3n) is 2.73. The van der Waals surface area contributed by atoms with Crippen LogP contribution in [0.15, 0.2) is 41.3 Å². The number of nitrogens with one attached hydrogen (secondary N) is 1. The van der Waals surface area contributed by atoms with Gasteiger partial charge in [-0.2, -0.15) is 0 Å². The zero-order valence-corrected chi connectivity index (χ0v) is 12.0. The number of aromatic hydroxyl groups is 1. The fourth-order valence-electron chi connectivity index (χ4n) is 1.62. The van der Waals surface area contributed by atoms with Gasteiger partial charge >= 0.3 is 0 Å². The highest BCUT2D eigenvalue weighted by atomic mass is 35.5. The lowest BCUT2D eigenvalue weighted by Gasteiger charge is -2.12. The Morgan fingerprint density at radius 1 is 1.25 bits per heavy atom. The highest BCUT2D eigenvalue weighted by molar-refractivity contribution is 7.92. The molecule has 0 radical (unpaired) electrons. The smallest absolute Gasteiger partial charge is 0.263 e. The van der Waals surface area contributed by atoms with Gasteiger partial charge in [-0.25, -0.2) is 12.8 Å². The number of benzene rings is 2. The van der Waals surface area contributed by atoms with E-state index in [4.69, 9.17) is 11.6 Å². The highest BCUT2D eigenvalue weighted by Gasteiger charge is 2.20. The van der Waals surface area contributed by atoms with Crippen molar-refractivity contribution in [3.8, 4) is 5.75 Å². The van der Waals surface area contributed by atoms with E-state index in [1.54, 1.807) is 6.92 Å². The van der Waals surface area contributed by atoms with E-state index in [0.717, 1.165) is 12.1 Å². The molecule has 2 aromatic carbocycles. The summed E-state index contributed by atoms with van der Waals surface area (Å²) in [6.07, 6.45) is 0. The van der Waals surface area contributed by atoms with E-state index in [9.17, 15) is 17.9 Å². The summed E-state index contributed by atoms with van der Waals surface area (Å²) in [7, 11) is -4.04. The molecule has 0 aliphatic carbocycles. The molecule has 0 aromatic heterocycles. The molecule has 0 aliphatic heterocycles. The van der Waals surface area contributed by atoms with Crippen molar-refractivity contribution in [3.05, 3.63) is 52.8 Å². The molecular formula is C13H11ClFNO3S. The summed E-state index contributed by atoms with van der Waals surface area (Å²) >= 11 is 5.78. The van der Waals surface area contributed by atoms with Crippen molar-refractivity contribution in [1.29, 1.82) is 0 Å². The number of rotatable bonds is 3. The van der Waals surface area contributed by atoms with Gasteiger partial charge in [0, 0.05) is 5.56 Å². The molecule has 106 valence electrons. The molecule has 20 heavy (non-hydrogen) atoms. The maximum Gasteiger partial charge on any atom is 0.263 e. The molecule has 2 rings (SSSR count). The Labute approximate surface area is 120 Å². The molecule has 0 saturated carbocycles. The highest BCUT2D eigenvalue weighted by Crippen LogP contribution is 2.28. The summed E-state index contributed by atoms with van der Waals surface area (Å²) in [5, 5.41) is 9.46. The lowest BCUT2D eigenvalue weighted by Crippen LogP contribution is -2.14. The molecule has 0 atom stereocenters. The zero-order valence-electron chi connectivity index (χ0n) is 10.4. The van der Waals surface area contributed by atoms with Gasteiger partial charge in [-0.05, 0) is 37.3 Å². The lowest BCUT2D eigenvalue weighted by atomic mass is 10.2. The van der Waals surface area contributed by atoms with Crippen LogP contribution in [0.4, 0.5) is 10.1 Å². The van der Waals surface area contributed by atoms with Crippen LogP contribution in [0.2, 0.25) is 5.02 Å². The summed E-state index contributed by atoms with van der Waals surface area (Å²) < 4.78 is 39.8. The van der Waals surface area contributed by atoms with Crippen molar-refractivity contribution in [3.63, 3.8) is 0 Å². The van der Waals surface area contributed by atoms with Gasteiger partial charge < -0.3 is 5.11 Å². The molecule has 0 unspecified atom stereocenters. The minimum atomic E-state index is -4.04. The molecule has 4 nitrogen and oxygen atoms in total. The fourth-order valence-corrected chi connectivity index (χ4v) is 3.25. The Bertz CT molecular complexity index is 762. The third-order valence-corrected chi connectivity index (χ3v) is 4.58. The minimum absolute atomic E-state index is 0.0458. The molecule has 0 bridgehead atoms. The quantitative estimate of drug-likeness (QED) is 0.913. The second-order valence-corrected chi connectivity index (χ2v) is 6.19. The van der Waals surface area contributed by atoms with Crippen molar-refractivity contribution in [2.75, 3.05) is 4.72 Å². The topological polar surface area (TPSA) is 66.4 Å². The van der Waals surface area contributed by atoms with E-state index >= 15 is 0 Å². The largest absolute Gasteiger partial charge is 0.508 e. The molecule has 7 heteroatoms. The zero-order chi connectivity index (χ0) is 14.9. The number of phenols is 1. The van der Waals surface area contributed by atoms with Crippen LogP contribution in [-0.4, -0.2) is 13.5 Å². The van der Waals surface area contributed by atoms with Crippen LogP contribution >= 0.6 is 11.6 Å². The molecule has 0 aliphatic rings. The molecule has 0 fully saturated rings. The number of phenolic OH excluding ortho intramolecular Hbond substituents is 1. The molecule has 0 heterocycles. The summed E-state index contributed by atoms with van der Waals surface area (Å²) in [5.41, 5.74) is 0.564. The number of sulfonamides is 1. The number of anilines is 1. The standard InChI is InChI=1S/C13H11ClFNO3S/c1-8-11(3-2-4-12(8)17)16-20(18,19)13-7-9(15)5-6-10(13)14/h2-7,16-17H,1H3. The molecule has 0 spiro atoms. The normalized spacial score (nSPS) is 11.3. The second-order valence-electron chi connectivity index (χ2n) is 4.13. The average molecular weight is 316 g/mol. The fraction of sp³-hybridized carbons (Fsp3) is 0.0769. The van der Waals surface area contributed by atoms with Crippen LogP contribution in [0, 0.1) is 12.7 Å². The van der Waals surface area contributed by atoms with E-state index in [1.807, 2.05) is 0 Å². The maximum absolute atomic E-state index is 13.2. The minimum Gasteiger partial charge on any atom is -0.508 e. The summed E-state index contributed by atoms with van der Waals surface area (Å²) in [4.78, 5) is -0.359. The first-order valence-electron chi connectivity index (χ1n) is 5.58. The van der Waals surface area contributed by atoms with Crippen molar-refractivity contribution in [2.45, 2.75) is 11.8 Å². The SMILES string of the molecule is Cc1c(O)cccc1NS(=O)(=O)c1cc(F)ccc1Cl. The molecule has 2 N–H and O–H groups in total. The Morgan fingerprint density at radius 2 is 1.95 bits per heavy atom. The Morgan fingerprint density at radius 3 is 2.65 bits per heavy atom. The predicted molar refractivity (Wildman–Crippen MR) is 75.1 cm³/mol. The van der Waals surface area contributed by atoms with Crippen LogP contribution in [0.5, 0.6) is 5.75 Å². The van der Waals surface area contributed by atoms with Crippen LogP contribution in [0.1, 0.15) is 5.56 Å². The van der Waals surface area contributed by atoms with Crippen LogP contribution in [0.25, 0.3) is 0 Å². The number of hydrogen-bond donors (Lipinski definition) is 2. The van der Waals surface area contributed by atoms with Crippen LogP contribution in [-0.2, 0) is 10.0 Å². The lowest BCUT2D eigenvalue weighted by molar-refractivity contribution is 0.471. The van der Waals surface area contributed by atoms with Crippen LogP contribution in [0.3, 0.4) is 0 Å². The summed E-state index contributed by atoms with van der Waals surface area (Å²) in [5.74, 6) is -0.752. The van der Waals surface area contributed by atoms with Gasteiger partial charge in [0.2, 0.25) is 0 Å². The second kappa shape index (κ2) is 5.30. The van der Waals surface area contributed by atoms with Gasteiger partial charge in [0.15, 0.2) is 0 Å². The number of halogens is 2. The van der Waals surface area contributed by atoms with Crippen molar-refractivity contribution in [2.24, 2.45) is 0 Å². The average Bonchev–Trinajstić information content (AvgIpc) is 2.37. The maximum atomic E-state index is 13.2. The van der Waals surface area contributed by atoms with E-state index in [0.29, 0.717) is 5.56 Å². The van der Waals surface area contributed by atoms with Gasteiger partial charge in [-0.1, -0.05) is 17.7 Å². The van der Waals surface area contributed by atoms with E-state index in [1.165, 1.54) is 24.3 Å². The van der Waals surface area contributed by atoms with Gasteiger partial charge in [0.1, 0.15) is 16.5 Å². The van der Waals surface area contributed by atoms with Crippen molar-refractivity contribution in [1.82, 2.24) is 0 Å². The Balaban J connectivity index is 2.46. The predicted octanol–water partition coefficient (Wildman–Crippen LogP) is 3.29. The first-order valence-corrected chi connectivity index (χ1v) is 7.44. The van der Waals surface area contributed by atoms with Gasteiger partial charge in [-0.3, -0.25) is 4.72 Å². The third kappa shape index (κ3) is 2.86. The molecular weight excluding hydrogens is 305 g/mol. The van der Waals surface area contributed by atoms with E-state index in [2.05, 4.69) is 4.72 Å². The summed E-state index contributed by atoms with van der Waals surface area (Å²) in [6, 6.07) is 7.49. The number of hydrogen-bond acceptors (Lipinski definition) is 3.